The van der Waals surface area contributed by atoms with E-state index in [4.69, 9.17) is 11.6 Å². The number of fused-ring (bicyclic) bond motifs is 1. The highest BCUT2D eigenvalue weighted by Gasteiger charge is 2.49. The molecular formula is C24H25ClN4O3. The number of carbonyl (C=O) groups excluding carboxylic acids is 3. The number of imide groups is 1. The monoisotopic (exact) mass is 452 g/mol. The number of amides is 4. The minimum Gasteiger partial charge on any atom is -0.366 e. The van der Waals surface area contributed by atoms with E-state index >= 15 is 0 Å². The maximum absolute atomic E-state index is 13.2. The minimum atomic E-state index is -0.729. The molecule has 1 fully saturated rings. The minimum absolute atomic E-state index is 0.338. The van der Waals surface area contributed by atoms with Crippen molar-refractivity contribution in [2.75, 3.05) is 17.3 Å². The summed E-state index contributed by atoms with van der Waals surface area (Å²) in [5.74, 6) is -0.749. The van der Waals surface area contributed by atoms with E-state index in [0.717, 1.165) is 24.2 Å². The Kier molecular flexibility index (Phi) is 6.19. The van der Waals surface area contributed by atoms with Crippen LogP contribution in [0.4, 0.5) is 16.2 Å². The van der Waals surface area contributed by atoms with Crippen molar-refractivity contribution in [2.45, 2.75) is 38.3 Å². The summed E-state index contributed by atoms with van der Waals surface area (Å²) in [4.78, 5) is 41.7. The standard InChI is InChI=1S/C24H25ClN4O3/c1-3-4-5-15-6-10-17(11-7-15)26-22(30)19-14-28(2)21-20(19)27-24(32)29(23(21)31)18-12-8-16(25)9-13-18/h6-14,20-21H,3-5H2,1-2H3,(H,26,30)(H,27,32). The zero-order chi connectivity index (χ0) is 22.8. The lowest BCUT2D eigenvalue weighted by Gasteiger charge is -2.37. The molecule has 0 bridgehead atoms. The SMILES string of the molecule is CCCCc1ccc(NC(=O)C2=CN(C)C3C(=O)N(c4ccc(Cl)cc4)C(=O)NC23)cc1. The van der Waals surface area contributed by atoms with Crippen LogP contribution in [0.1, 0.15) is 25.3 Å². The van der Waals surface area contributed by atoms with Gasteiger partial charge in [-0.1, -0.05) is 37.1 Å². The quantitative estimate of drug-likeness (QED) is 0.695. The van der Waals surface area contributed by atoms with Gasteiger partial charge in [-0.3, -0.25) is 9.59 Å². The van der Waals surface area contributed by atoms with Crippen LogP contribution in [0.2, 0.25) is 5.02 Å². The fourth-order valence-electron chi connectivity index (χ4n) is 4.06. The van der Waals surface area contributed by atoms with Crippen molar-refractivity contribution in [3.05, 3.63) is 70.9 Å². The first-order chi connectivity index (χ1) is 15.4. The predicted octanol–water partition coefficient (Wildman–Crippen LogP) is 3.94. The second-order valence-corrected chi connectivity index (χ2v) is 8.46. The number of nitrogens with one attached hydrogen (secondary N) is 2. The van der Waals surface area contributed by atoms with Crippen molar-refractivity contribution < 1.29 is 14.4 Å². The number of anilines is 2. The lowest BCUT2D eigenvalue weighted by atomic mass is 9.99. The molecule has 166 valence electrons. The third kappa shape index (κ3) is 4.21. The number of halogens is 1. The van der Waals surface area contributed by atoms with Crippen LogP contribution in [0.25, 0.3) is 0 Å². The number of hydrogen-bond donors (Lipinski definition) is 2. The first-order valence-corrected chi connectivity index (χ1v) is 11.0. The van der Waals surface area contributed by atoms with E-state index in [1.807, 2.05) is 24.3 Å². The molecule has 0 saturated carbocycles. The van der Waals surface area contributed by atoms with Crippen molar-refractivity contribution in [1.82, 2.24) is 10.2 Å². The fraction of sp³-hybridized carbons (Fsp3) is 0.292. The van der Waals surface area contributed by atoms with Gasteiger partial charge in [-0.2, -0.15) is 0 Å². The molecule has 4 amide bonds. The van der Waals surface area contributed by atoms with Crippen LogP contribution < -0.4 is 15.5 Å². The molecule has 4 rings (SSSR count). The summed E-state index contributed by atoms with van der Waals surface area (Å²) in [5, 5.41) is 6.20. The Bertz CT molecular complexity index is 1070. The summed E-state index contributed by atoms with van der Waals surface area (Å²) in [7, 11) is 1.72. The molecule has 8 heteroatoms. The van der Waals surface area contributed by atoms with Gasteiger partial charge in [0.25, 0.3) is 11.8 Å². The maximum Gasteiger partial charge on any atom is 0.329 e. The van der Waals surface area contributed by atoms with E-state index in [2.05, 4.69) is 17.6 Å². The van der Waals surface area contributed by atoms with Crippen molar-refractivity contribution in [3.63, 3.8) is 0 Å². The van der Waals surface area contributed by atoms with Gasteiger partial charge in [0.2, 0.25) is 0 Å². The van der Waals surface area contributed by atoms with Gasteiger partial charge in [-0.25, -0.2) is 9.69 Å². The lowest BCUT2D eigenvalue weighted by Crippen LogP contribution is -2.65. The van der Waals surface area contributed by atoms with Crippen LogP contribution in [-0.2, 0) is 16.0 Å². The van der Waals surface area contributed by atoms with Gasteiger partial charge in [-0.15, -0.1) is 0 Å². The zero-order valence-electron chi connectivity index (χ0n) is 18.0. The van der Waals surface area contributed by atoms with Gasteiger partial charge in [0.05, 0.1) is 17.3 Å². The summed E-state index contributed by atoms with van der Waals surface area (Å²) >= 11 is 5.92. The van der Waals surface area contributed by atoms with E-state index in [1.165, 1.54) is 5.56 Å². The number of benzene rings is 2. The van der Waals surface area contributed by atoms with E-state index in [9.17, 15) is 14.4 Å². The molecule has 0 aliphatic carbocycles. The molecule has 0 aromatic heterocycles. The number of rotatable bonds is 6. The Morgan fingerprint density at radius 1 is 1.09 bits per heavy atom. The molecule has 2 aliphatic heterocycles. The largest absolute Gasteiger partial charge is 0.366 e. The molecule has 7 nitrogen and oxygen atoms in total. The third-order valence-corrected chi connectivity index (χ3v) is 6.02. The number of carbonyl (C=O) groups is 3. The van der Waals surface area contributed by atoms with Gasteiger partial charge < -0.3 is 15.5 Å². The molecule has 32 heavy (non-hydrogen) atoms. The summed E-state index contributed by atoms with van der Waals surface area (Å²) in [6, 6.07) is 12.2. The molecule has 2 aliphatic rings. The molecule has 2 N–H and O–H groups in total. The van der Waals surface area contributed by atoms with Crippen LogP contribution in [0, 0.1) is 0 Å². The van der Waals surface area contributed by atoms with Gasteiger partial charge in [0.1, 0.15) is 6.04 Å². The van der Waals surface area contributed by atoms with Crippen molar-refractivity contribution in [3.8, 4) is 0 Å². The number of likely N-dealkylation sites (N-methyl/N-ethyl adjacent to an activating group) is 1. The van der Waals surface area contributed by atoms with Crippen molar-refractivity contribution in [2.24, 2.45) is 0 Å². The normalized spacial score (nSPS) is 20.0. The second kappa shape index (κ2) is 9.04. The average molecular weight is 453 g/mol. The van der Waals surface area contributed by atoms with Gasteiger partial charge in [0, 0.05) is 24.0 Å². The third-order valence-electron chi connectivity index (χ3n) is 5.77. The van der Waals surface area contributed by atoms with Crippen LogP contribution in [0.15, 0.2) is 60.3 Å². The number of nitrogens with zero attached hydrogens (tertiary/aromatic N) is 2. The molecule has 0 spiro atoms. The highest BCUT2D eigenvalue weighted by Crippen LogP contribution is 2.30. The Morgan fingerprint density at radius 3 is 2.44 bits per heavy atom. The average Bonchev–Trinajstić information content (AvgIpc) is 3.11. The highest BCUT2D eigenvalue weighted by atomic mass is 35.5. The van der Waals surface area contributed by atoms with E-state index < -0.39 is 24.0 Å². The molecular weight excluding hydrogens is 428 g/mol. The first-order valence-electron chi connectivity index (χ1n) is 10.6. The topological polar surface area (TPSA) is 81.8 Å². The summed E-state index contributed by atoms with van der Waals surface area (Å²) in [5.41, 5.74) is 2.64. The number of aryl methyl sites for hydroxylation is 1. The molecule has 2 aromatic carbocycles. The molecule has 1 saturated heterocycles. The summed E-state index contributed by atoms with van der Waals surface area (Å²) in [6.45, 7) is 2.15. The van der Waals surface area contributed by atoms with Gasteiger partial charge in [-0.05, 0) is 54.8 Å². The smallest absolute Gasteiger partial charge is 0.329 e. The molecule has 2 unspecified atom stereocenters. The van der Waals surface area contributed by atoms with Gasteiger partial charge in [0.15, 0.2) is 0 Å². The number of hydrogen-bond acceptors (Lipinski definition) is 4. The fourth-order valence-corrected chi connectivity index (χ4v) is 4.19. The number of unbranched alkanes of at least 4 members (excludes halogenated alkanes) is 1. The molecule has 2 aromatic rings. The highest BCUT2D eigenvalue weighted by molar-refractivity contribution is 6.30. The zero-order valence-corrected chi connectivity index (χ0v) is 18.7. The van der Waals surface area contributed by atoms with E-state index in [1.54, 1.807) is 42.4 Å². The Hall–Kier alpha value is -3.32. The summed E-state index contributed by atoms with van der Waals surface area (Å²) < 4.78 is 0. The maximum atomic E-state index is 13.2. The van der Waals surface area contributed by atoms with Gasteiger partial charge >= 0.3 is 6.03 Å². The Labute approximate surface area is 192 Å². The predicted molar refractivity (Wildman–Crippen MR) is 125 cm³/mol. The van der Waals surface area contributed by atoms with Crippen LogP contribution in [0.5, 0.6) is 0 Å². The molecule has 2 heterocycles. The Balaban J connectivity index is 1.49. The van der Waals surface area contributed by atoms with E-state index in [-0.39, 0.29) is 5.91 Å². The first kappa shape index (κ1) is 21.9. The van der Waals surface area contributed by atoms with E-state index in [0.29, 0.717) is 22.0 Å². The molecule has 0 radical (unpaired) electrons. The van der Waals surface area contributed by atoms with Crippen LogP contribution in [0.3, 0.4) is 0 Å². The molecule has 2 atom stereocenters. The van der Waals surface area contributed by atoms with Crippen molar-refractivity contribution >= 4 is 40.8 Å². The summed E-state index contributed by atoms with van der Waals surface area (Å²) in [6.07, 6.45) is 4.86. The second-order valence-electron chi connectivity index (χ2n) is 8.03. The van der Waals surface area contributed by atoms with Crippen molar-refractivity contribution in [1.29, 1.82) is 0 Å². The lowest BCUT2D eigenvalue weighted by molar-refractivity contribution is -0.122. The Morgan fingerprint density at radius 2 is 1.78 bits per heavy atom. The number of urea groups is 1. The van der Waals surface area contributed by atoms with Crippen LogP contribution in [-0.4, -0.2) is 41.9 Å². The van der Waals surface area contributed by atoms with Crippen LogP contribution >= 0.6 is 11.6 Å².